The topological polar surface area (TPSA) is 105 Å². The lowest BCUT2D eigenvalue weighted by molar-refractivity contribution is -0.122. The first-order valence-electron chi connectivity index (χ1n) is 10.5. The number of thioether (sulfide) groups is 1. The minimum Gasteiger partial charge on any atom is -0.497 e. The van der Waals surface area contributed by atoms with Crippen molar-refractivity contribution >= 4 is 40.1 Å². The van der Waals surface area contributed by atoms with Crippen LogP contribution in [-0.4, -0.2) is 54.6 Å². The third-order valence-electron chi connectivity index (χ3n) is 5.02. The van der Waals surface area contributed by atoms with Crippen molar-refractivity contribution in [3.8, 4) is 17.2 Å². The Morgan fingerprint density at radius 3 is 2.44 bits per heavy atom. The van der Waals surface area contributed by atoms with Gasteiger partial charge in [0.05, 0.1) is 26.6 Å². The zero-order valence-corrected chi connectivity index (χ0v) is 19.8. The number of anilines is 2. The van der Waals surface area contributed by atoms with E-state index in [2.05, 4.69) is 15.8 Å². The number of fused-ring (bicyclic) bond motifs is 1. The summed E-state index contributed by atoms with van der Waals surface area (Å²) in [6.45, 7) is 2.49. The van der Waals surface area contributed by atoms with Gasteiger partial charge < -0.3 is 19.5 Å². The zero-order valence-electron chi connectivity index (χ0n) is 19.0. The van der Waals surface area contributed by atoms with Crippen molar-refractivity contribution in [1.82, 2.24) is 10.3 Å². The number of amidine groups is 1. The standard InChI is InChI=1S/C23H25N5O5S/c1-4-33-17-7-5-16(6-8-17)27-9-10-28-21(22(27)30)25-26-23(28)34-14-20(29)24-15-11-18(31-2)13-19(12-15)32-3/h5-13,21,25H,4,14H2,1-3H3,(H,24,29). The van der Waals surface area contributed by atoms with Crippen molar-refractivity contribution in [3.63, 3.8) is 0 Å². The lowest BCUT2D eigenvalue weighted by Crippen LogP contribution is -2.52. The number of carbonyl (C=O) groups is 2. The Morgan fingerprint density at radius 2 is 1.79 bits per heavy atom. The highest BCUT2D eigenvalue weighted by Crippen LogP contribution is 2.28. The first-order valence-corrected chi connectivity index (χ1v) is 11.5. The minimum absolute atomic E-state index is 0.105. The van der Waals surface area contributed by atoms with Crippen molar-refractivity contribution in [2.75, 3.05) is 36.8 Å². The van der Waals surface area contributed by atoms with Gasteiger partial charge in [0.25, 0.3) is 5.91 Å². The van der Waals surface area contributed by atoms with E-state index >= 15 is 0 Å². The van der Waals surface area contributed by atoms with E-state index < -0.39 is 6.17 Å². The van der Waals surface area contributed by atoms with Crippen LogP contribution in [0.4, 0.5) is 11.4 Å². The van der Waals surface area contributed by atoms with Crippen LogP contribution in [0.1, 0.15) is 6.92 Å². The summed E-state index contributed by atoms with van der Waals surface area (Å²) in [7, 11) is 3.09. The molecule has 0 aromatic heterocycles. The van der Waals surface area contributed by atoms with E-state index in [0.29, 0.717) is 29.0 Å². The molecule has 2 aromatic carbocycles. The molecule has 0 bridgehead atoms. The molecule has 2 N–H and O–H groups in total. The lowest BCUT2D eigenvalue weighted by atomic mass is 10.2. The van der Waals surface area contributed by atoms with Gasteiger partial charge in [-0.25, -0.2) is 0 Å². The third-order valence-corrected chi connectivity index (χ3v) is 5.99. The van der Waals surface area contributed by atoms with Gasteiger partial charge in [-0.15, -0.1) is 0 Å². The third kappa shape index (κ3) is 5.04. The van der Waals surface area contributed by atoms with Crippen LogP contribution in [0, 0.1) is 0 Å². The van der Waals surface area contributed by atoms with Crippen molar-refractivity contribution in [3.05, 3.63) is 54.9 Å². The van der Waals surface area contributed by atoms with Crippen LogP contribution >= 0.6 is 11.8 Å². The fourth-order valence-electron chi connectivity index (χ4n) is 3.41. The van der Waals surface area contributed by atoms with Crippen molar-refractivity contribution in [2.45, 2.75) is 13.1 Å². The molecule has 2 amide bonds. The second-order valence-electron chi connectivity index (χ2n) is 7.20. The number of amides is 2. The van der Waals surface area contributed by atoms with Gasteiger partial charge in [0, 0.05) is 42.0 Å². The summed E-state index contributed by atoms with van der Waals surface area (Å²) >= 11 is 1.22. The molecule has 178 valence electrons. The highest BCUT2D eigenvalue weighted by Gasteiger charge is 2.38. The van der Waals surface area contributed by atoms with Crippen LogP contribution in [0.5, 0.6) is 17.2 Å². The van der Waals surface area contributed by atoms with Crippen LogP contribution in [0.15, 0.2) is 60.0 Å². The Labute approximate surface area is 201 Å². The zero-order chi connectivity index (χ0) is 24.1. The van der Waals surface area contributed by atoms with Crippen molar-refractivity contribution < 1.29 is 23.8 Å². The molecule has 2 aliphatic rings. The number of rotatable bonds is 8. The number of ether oxygens (including phenoxy) is 3. The van der Waals surface area contributed by atoms with E-state index in [-0.39, 0.29) is 17.6 Å². The molecule has 1 unspecified atom stereocenters. The summed E-state index contributed by atoms with van der Waals surface area (Å²) in [5.74, 6) is 1.59. The fourth-order valence-corrected chi connectivity index (χ4v) is 4.18. The van der Waals surface area contributed by atoms with E-state index in [0.717, 1.165) is 11.4 Å². The molecule has 0 saturated heterocycles. The van der Waals surface area contributed by atoms with E-state index in [1.807, 2.05) is 31.2 Å². The van der Waals surface area contributed by atoms with Gasteiger partial charge >= 0.3 is 0 Å². The largest absolute Gasteiger partial charge is 0.497 e. The average Bonchev–Trinajstić information content (AvgIpc) is 3.27. The number of nitrogens with zero attached hydrogens (tertiary/aromatic N) is 3. The van der Waals surface area contributed by atoms with Gasteiger partial charge in [-0.1, -0.05) is 11.8 Å². The molecule has 11 heteroatoms. The number of benzene rings is 2. The Hall–Kier alpha value is -3.86. The molecular formula is C23H25N5O5S. The van der Waals surface area contributed by atoms with Crippen LogP contribution < -0.4 is 29.9 Å². The fraction of sp³-hybridized carbons (Fsp3) is 0.261. The summed E-state index contributed by atoms with van der Waals surface area (Å²) in [6.07, 6.45) is 2.77. The molecule has 0 aliphatic carbocycles. The number of hydrogen-bond donors (Lipinski definition) is 2. The van der Waals surface area contributed by atoms with Gasteiger partial charge in [0.2, 0.25) is 12.1 Å². The highest BCUT2D eigenvalue weighted by atomic mass is 32.2. The van der Waals surface area contributed by atoms with E-state index in [1.54, 1.807) is 54.6 Å². The van der Waals surface area contributed by atoms with Gasteiger partial charge in [-0.05, 0) is 31.2 Å². The maximum atomic E-state index is 13.0. The first-order chi connectivity index (χ1) is 16.5. The van der Waals surface area contributed by atoms with Gasteiger partial charge in [-0.2, -0.15) is 5.10 Å². The molecule has 0 spiro atoms. The van der Waals surface area contributed by atoms with E-state index in [1.165, 1.54) is 11.8 Å². The summed E-state index contributed by atoms with van der Waals surface area (Å²) < 4.78 is 15.9. The minimum atomic E-state index is -0.676. The molecule has 0 fully saturated rings. The molecule has 10 nitrogen and oxygen atoms in total. The van der Waals surface area contributed by atoms with Gasteiger partial charge in [0.15, 0.2) is 5.17 Å². The van der Waals surface area contributed by atoms with Gasteiger partial charge in [-0.3, -0.25) is 24.8 Å². The molecule has 4 rings (SSSR count). The van der Waals surface area contributed by atoms with Crippen LogP contribution in [0.2, 0.25) is 0 Å². The summed E-state index contributed by atoms with van der Waals surface area (Å²) in [5.41, 5.74) is 4.14. The van der Waals surface area contributed by atoms with Crippen molar-refractivity contribution in [1.29, 1.82) is 0 Å². The molecule has 0 saturated carbocycles. The molecular weight excluding hydrogens is 458 g/mol. The number of nitrogens with one attached hydrogen (secondary N) is 2. The summed E-state index contributed by atoms with van der Waals surface area (Å²) in [6, 6.07) is 12.4. The summed E-state index contributed by atoms with van der Waals surface area (Å²) in [5, 5.41) is 7.60. The average molecular weight is 484 g/mol. The van der Waals surface area contributed by atoms with Crippen LogP contribution in [0.3, 0.4) is 0 Å². The predicted molar refractivity (Wildman–Crippen MR) is 131 cm³/mol. The molecule has 34 heavy (non-hydrogen) atoms. The Morgan fingerprint density at radius 1 is 1.09 bits per heavy atom. The lowest BCUT2D eigenvalue weighted by Gasteiger charge is -2.31. The van der Waals surface area contributed by atoms with E-state index in [4.69, 9.17) is 14.2 Å². The molecule has 0 radical (unpaired) electrons. The molecule has 2 aromatic rings. The Balaban J connectivity index is 1.36. The number of hydrazone groups is 1. The quantitative estimate of drug-likeness (QED) is 0.591. The second kappa shape index (κ2) is 10.4. The Kier molecular flexibility index (Phi) is 7.12. The smallest absolute Gasteiger partial charge is 0.276 e. The predicted octanol–water partition coefficient (Wildman–Crippen LogP) is 2.79. The summed E-state index contributed by atoms with van der Waals surface area (Å²) in [4.78, 5) is 28.8. The molecule has 2 aliphatic heterocycles. The molecule has 1 atom stereocenters. The second-order valence-corrected chi connectivity index (χ2v) is 8.15. The maximum absolute atomic E-state index is 13.0. The van der Waals surface area contributed by atoms with E-state index in [9.17, 15) is 9.59 Å². The number of methoxy groups -OCH3 is 2. The number of hydrogen-bond acceptors (Lipinski definition) is 9. The Bertz CT molecular complexity index is 1100. The number of carbonyl (C=O) groups excluding carboxylic acids is 2. The maximum Gasteiger partial charge on any atom is 0.276 e. The van der Waals surface area contributed by atoms with Crippen LogP contribution in [-0.2, 0) is 9.59 Å². The van der Waals surface area contributed by atoms with Crippen LogP contribution in [0.25, 0.3) is 0 Å². The SMILES string of the molecule is CCOc1ccc(N2C=CN3C(SCC(=O)Nc4cc(OC)cc(OC)c4)=NNC3C2=O)cc1. The molecule has 2 heterocycles. The normalized spacial score (nSPS) is 16.5. The first kappa shape index (κ1) is 23.3. The van der Waals surface area contributed by atoms with Crippen molar-refractivity contribution in [2.24, 2.45) is 5.10 Å². The van der Waals surface area contributed by atoms with Gasteiger partial charge in [0.1, 0.15) is 17.2 Å². The highest BCUT2D eigenvalue weighted by molar-refractivity contribution is 8.14. The monoisotopic (exact) mass is 483 g/mol.